The molecule has 11 heteroatoms. The number of nitriles is 1. The molecule has 0 atom stereocenters. The van der Waals surface area contributed by atoms with E-state index in [1.54, 1.807) is 0 Å². The second kappa shape index (κ2) is 10.7. The van der Waals surface area contributed by atoms with Crippen LogP contribution in [0.3, 0.4) is 0 Å². The van der Waals surface area contributed by atoms with Gasteiger partial charge >= 0.3 is 13.2 Å². The number of hydrazone groups is 1. The summed E-state index contributed by atoms with van der Waals surface area (Å²) in [6.45, 7) is -5.36. The van der Waals surface area contributed by atoms with Crippen LogP contribution in [0.5, 0.6) is 17.2 Å². The van der Waals surface area contributed by atoms with Gasteiger partial charge in [0, 0.05) is 11.6 Å². The van der Waals surface area contributed by atoms with Crippen LogP contribution in [-0.2, 0) is 4.79 Å². The number of nitrogens with one attached hydrogen (secondary N) is 1. The van der Waals surface area contributed by atoms with Crippen molar-refractivity contribution in [1.82, 2.24) is 5.43 Å². The number of carbonyl (C=O) groups excluding carboxylic acids is 1. The van der Waals surface area contributed by atoms with Gasteiger partial charge in [0.1, 0.15) is 17.2 Å². The van der Waals surface area contributed by atoms with Gasteiger partial charge < -0.3 is 14.2 Å². The number of hydrogen-bond acceptors (Lipinski definition) is 6. The molecule has 0 spiro atoms. The van der Waals surface area contributed by atoms with E-state index >= 15 is 0 Å². The maximum atomic E-state index is 12.6. The normalized spacial score (nSPS) is 11.2. The second-order valence-corrected chi connectivity index (χ2v) is 5.57. The summed E-state index contributed by atoms with van der Waals surface area (Å²) in [5, 5.41) is 12.5. The minimum atomic E-state index is -3.21. The molecule has 1 amide bonds. The molecule has 7 nitrogen and oxygen atoms in total. The Morgan fingerprint density at radius 1 is 1.07 bits per heavy atom. The third-order valence-corrected chi connectivity index (χ3v) is 3.49. The van der Waals surface area contributed by atoms with Gasteiger partial charge in [0.05, 0.1) is 17.3 Å². The summed E-state index contributed by atoms with van der Waals surface area (Å²) in [5.74, 6) is -1.12. The molecule has 0 saturated carbocycles. The van der Waals surface area contributed by atoms with Crippen molar-refractivity contribution in [3.63, 3.8) is 0 Å². The Kier molecular flexibility index (Phi) is 7.99. The van der Waals surface area contributed by atoms with Crippen molar-refractivity contribution >= 4 is 11.6 Å². The Hall–Kier alpha value is -3.81. The molecule has 0 heterocycles. The number of amides is 1. The van der Waals surface area contributed by atoms with Crippen LogP contribution in [0.25, 0.3) is 0 Å². The summed E-state index contributed by atoms with van der Waals surface area (Å²) < 4.78 is 63.6. The van der Waals surface area contributed by atoms with Gasteiger partial charge in [0.25, 0.3) is 5.91 Å². The third kappa shape index (κ3) is 6.97. The number of halogens is 4. The predicted octanol–water partition coefficient (Wildman–Crippen LogP) is 3.68. The summed E-state index contributed by atoms with van der Waals surface area (Å²) in [4.78, 5) is 11.9. The summed E-state index contributed by atoms with van der Waals surface area (Å²) in [7, 11) is 0. The highest BCUT2D eigenvalue weighted by atomic mass is 19.3. The number of hydrogen-bond donors (Lipinski definition) is 1. The van der Waals surface area contributed by atoms with Gasteiger partial charge in [-0.25, -0.2) is 5.43 Å². The minimum Gasteiger partial charge on any atom is -0.484 e. The first-order valence-electron chi connectivity index (χ1n) is 8.28. The van der Waals surface area contributed by atoms with Crippen LogP contribution in [0.1, 0.15) is 18.1 Å². The standard InChI is InChI=1S/C19H15F4N3O4/c1-11(15-7-6-14(29-18(20)21)8-16(15)30-19(22)23)25-26-17(27)10-28-13-4-2-12(9-24)3-5-13/h2-8,18-19H,10H2,1H3,(H,26,27)/b25-11-. The van der Waals surface area contributed by atoms with E-state index in [4.69, 9.17) is 10.00 Å². The number of rotatable bonds is 9. The lowest BCUT2D eigenvalue weighted by Gasteiger charge is -2.13. The zero-order chi connectivity index (χ0) is 22.1. The molecule has 0 aliphatic carbocycles. The maximum Gasteiger partial charge on any atom is 0.387 e. The van der Waals surface area contributed by atoms with E-state index in [1.165, 1.54) is 37.3 Å². The van der Waals surface area contributed by atoms with Crippen molar-refractivity contribution in [1.29, 1.82) is 5.26 Å². The molecular formula is C19H15F4N3O4. The Labute approximate surface area is 168 Å². The number of benzene rings is 2. The Morgan fingerprint density at radius 3 is 2.30 bits per heavy atom. The third-order valence-electron chi connectivity index (χ3n) is 3.49. The van der Waals surface area contributed by atoms with Crippen LogP contribution in [0.4, 0.5) is 17.6 Å². The quantitative estimate of drug-likeness (QED) is 0.376. The molecule has 2 rings (SSSR count). The fourth-order valence-corrected chi connectivity index (χ4v) is 2.18. The van der Waals surface area contributed by atoms with E-state index in [0.717, 1.165) is 12.1 Å². The largest absolute Gasteiger partial charge is 0.484 e. The van der Waals surface area contributed by atoms with Gasteiger partial charge in [-0.3, -0.25) is 4.79 Å². The number of alkyl halides is 4. The van der Waals surface area contributed by atoms with Crippen molar-refractivity contribution in [2.45, 2.75) is 20.1 Å². The smallest absolute Gasteiger partial charge is 0.387 e. The molecule has 1 N–H and O–H groups in total. The number of carbonyl (C=O) groups is 1. The lowest BCUT2D eigenvalue weighted by molar-refractivity contribution is -0.123. The van der Waals surface area contributed by atoms with Gasteiger partial charge in [-0.05, 0) is 43.3 Å². The van der Waals surface area contributed by atoms with Crippen LogP contribution in [0.2, 0.25) is 0 Å². The molecule has 0 saturated heterocycles. The van der Waals surface area contributed by atoms with Crippen LogP contribution < -0.4 is 19.6 Å². The van der Waals surface area contributed by atoms with Crippen molar-refractivity contribution in [3.8, 4) is 23.3 Å². The summed E-state index contributed by atoms with van der Waals surface area (Å²) >= 11 is 0. The fraction of sp³-hybridized carbons (Fsp3) is 0.211. The van der Waals surface area contributed by atoms with Gasteiger partial charge in [-0.15, -0.1) is 0 Å². The maximum absolute atomic E-state index is 12.6. The SMILES string of the molecule is C/C(=N/NC(=O)COc1ccc(C#N)cc1)c1ccc(OC(F)F)cc1OC(F)F. The average molecular weight is 425 g/mol. The van der Waals surface area contributed by atoms with Crippen molar-refractivity contribution in [2.75, 3.05) is 6.61 Å². The van der Waals surface area contributed by atoms with Crippen LogP contribution >= 0.6 is 0 Å². The summed E-state index contributed by atoms with van der Waals surface area (Å²) in [6, 6.07) is 11.2. The van der Waals surface area contributed by atoms with Gasteiger partial charge in [0.15, 0.2) is 6.61 Å². The van der Waals surface area contributed by atoms with Crippen LogP contribution in [0.15, 0.2) is 47.6 Å². The van der Waals surface area contributed by atoms with E-state index in [2.05, 4.69) is 20.0 Å². The molecule has 30 heavy (non-hydrogen) atoms. The predicted molar refractivity (Wildman–Crippen MR) is 96.7 cm³/mol. The van der Waals surface area contributed by atoms with Gasteiger partial charge in [-0.1, -0.05) is 0 Å². The first-order chi connectivity index (χ1) is 14.3. The topological polar surface area (TPSA) is 92.9 Å². The average Bonchev–Trinajstić information content (AvgIpc) is 2.70. The summed E-state index contributed by atoms with van der Waals surface area (Å²) in [5.41, 5.74) is 2.71. The van der Waals surface area contributed by atoms with Crippen molar-refractivity contribution in [2.24, 2.45) is 5.10 Å². The van der Waals surface area contributed by atoms with Gasteiger partial charge in [-0.2, -0.15) is 27.9 Å². The van der Waals surface area contributed by atoms with E-state index in [-0.39, 0.29) is 17.0 Å². The Bertz CT molecular complexity index is 944. The first-order valence-corrected chi connectivity index (χ1v) is 8.28. The zero-order valence-electron chi connectivity index (χ0n) is 15.4. The van der Waals surface area contributed by atoms with E-state index in [1.807, 2.05) is 6.07 Å². The molecule has 0 aliphatic rings. The molecule has 0 radical (unpaired) electrons. The monoisotopic (exact) mass is 425 g/mol. The lowest BCUT2D eigenvalue weighted by Crippen LogP contribution is -2.25. The fourth-order valence-electron chi connectivity index (χ4n) is 2.18. The van der Waals surface area contributed by atoms with Crippen LogP contribution in [-0.4, -0.2) is 31.4 Å². The zero-order valence-corrected chi connectivity index (χ0v) is 15.4. The molecule has 0 fully saturated rings. The summed E-state index contributed by atoms with van der Waals surface area (Å²) in [6.07, 6.45) is 0. The molecule has 0 unspecified atom stereocenters. The molecule has 2 aromatic carbocycles. The minimum absolute atomic E-state index is 0.0326. The highest BCUT2D eigenvalue weighted by Gasteiger charge is 2.15. The second-order valence-electron chi connectivity index (χ2n) is 5.57. The molecule has 0 aliphatic heterocycles. The van der Waals surface area contributed by atoms with E-state index in [9.17, 15) is 22.4 Å². The van der Waals surface area contributed by atoms with Crippen molar-refractivity contribution in [3.05, 3.63) is 53.6 Å². The number of ether oxygens (including phenoxy) is 3. The van der Waals surface area contributed by atoms with Crippen LogP contribution in [0, 0.1) is 11.3 Å². The molecule has 2 aromatic rings. The first kappa shape index (κ1) is 22.5. The number of nitrogens with zero attached hydrogens (tertiary/aromatic N) is 2. The molecule has 0 aromatic heterocycles. The van der Waals surface area contributed by atoms with Gasteiger partial charge in [0.2, 0.25) is 0 Å². The van der Waals surface area contributed by atoms with E-state index < -0.39 is 31.5 Å². The molecule has 158 valence electrons. The molecular weight excluding hydrogens is 410 g/mol. The highest BCUT2D eigenvalue weighted by Crippen LogP contribution is 2.28. The van der Waals surface area contributed by atoms with E-state index in [0.29, 0.717) is 11.3 Å². The Morgan fingerprint density at radius 2 is 1.70 bits per heavy atom. The van der Waals surface area contributed by atoms with Crippen molar-refractivity contribution < 1.29 is 36.6 Å². The Balaban J connectivity index is 2.03. The molecule has 0 bridgehead atoms. The lowest BCUT2D eigenvalue weighted by atomic mass is 10.1. The highest BCUT2D eigenvalue weighted by molar-refractivity contribution is 6.01.